The number of hydrogen-bond donors (Lipinski definition) is 2. The van der Waals surface area contributed by atoms with Gasteiger partial charge in [0.2, 0.25) is 11.0 Å². The van der Waals surface area contributed by atoms with E-state index < -0.39 is 5.92 Å². The van der Waals surface area contributed by atoms with Crippen molar-refractivity contribution in [3.05, 3.63) is 86.3 Å². The molecule has 1 amide bonds. The smallest absolute Gasteiger partial charge is 0.234 e. The Morgan fingerprint density at radius 3 is 2.73 bits per heavy atom. The molecule has 0 spiro atoms. The third-order valence-corrected chi connectivity index (χ3v) is 9.55. The second-order valence-corrected chi connectivity index (χ2v) is 12.7. The Morgan fingerprint density at radius 2 is 2.02 bits per heavy atom. The number of carbonyl (C=O) groups excluding carboxylic acids is 2. The van der Waals surface area contributed by atoms with Gasteiger partial charge in [-0.2, -0.15) is 5.26 Å². The molecule has 1 unspecified atom stereocenters. The summed E-state index contributed by atoms with van der Waals surface area (Å²) in [6, 6.07) is 16.0. The average Bonchev–Trinajstić information content (AvgIpc) is 3.41. The van der Waals surface area contributed by atoms with Crippen molar-refractivity contribution in [2.24, 2.45) is 5.73 Å². The normalized spacial score (nSPS) is 17.1. The van der Waals surface area contributed by atoms with Crippen molar-refractivity contribution in [3.63, 3.8) is 0 Å². The number of nitrogens with two attached hydrogens (primary N) is 1. The first kappa shape index (κ1) is 28.1. The number of amides is 1. The van der Waals surface area contributed by atoms with Gasteiger partial charge in [0.15, 0.2) is 10.1 Å². The molecule has 0 fully saturated rings. The molecule has 11 heteroatoms. The highest BCUT2D eigenvalue weighted by Crippen LogP contribution is 2.47. The number of thioether (sulfide) groups is 1. The quantitative estimate of drug-likeness (QED) is 0.294. The van der Waals surface area contributed by atoms with E-state index in [9.17, 15) is 14.9 Å². The van der Waals surface area contributed by atoms with Crippen molar-refractivity contribution in [2.45, 2.75) is 49.8 Å². The zero-order chi connectivity index (χ0) is 28.4. The SMILES string of the molecule is CCc1ccc(C2C(C#N)=C(N)N(c3nnc(SCC(=O)Nc4ccc(Br)cc4C)s3)C3=C2C(=O)CCC3)cc1. The van der Waals surface area contributed by atoms with Crippen LogP contribution in [0.3, 0.4) is 0 Å². The number of nitrogens with zero attached hydrogens (tertiary/aromatic N) is 4. The van der Waals surface area contributed by atoms with Gasteiger partial charge in [-0.05, 0) is 61.1 Å². The zero-order valence-electron chi connectivity index (χ0n) is 22.0. The number of nitrogens with one attached hydrogen (secondary N) is 1. The molecule has 1 aromatic heterocycles. The first-order valence-corrected chi connectivity index (χ1v) is 15.5. The number of carbonyl (C=O) groups is 2. The fourth-order valence-electron chi connectivity index (χ4n) is 5.02. The van der Waals surface area contributed by atoms with Crippen molar-refractivity contribution in [3.8, 4) is 6.07 Å². The predicted octanol–water partition coefficient (Wildman–Crippen LogP) is 6.21. The van der Waals surface area contributed by atoms with Gasteiger partial charge in [-0.1, -0.05) is 70.2 Å². The lowest BCUT2D eigenvalue weighted by Gasteiger charge is -2.38. The number of aryl methyl sites for hydroxylation is 2. The molecule has 1 atom stereocenters. The minimum Gasteiger partial charge on any atom is -0.384 e. The summed E-state index contributed by atoms with van der Waals surface area (Å²) in [4.78, 5) is 27.6. The van der Waals surface area contributed by atoms with E-state index in [2.05, 4.69) is 44.4 Å². The van der Waals surface area contributed by atoms with Gasteiger partial charge in [-0.3, -0.25) is 14.5 Å². The van der Waals surface area contributed by atoms with Gasteiger partial charge in [0, 0.05) is 27.9 Å². The minimum atomic E-state index is -0.512. The topological polar surface area (TPSA) is 125 Å². The molecule has 2 aliphatic rings. The Hall–Kier alpha value is -3.46. The lowest BCUT2D eigenvalue weighted by molar-refractivity contribution is -0.116. The molecule has 1 aliphatic heterocycles. The summed E-state index contributed by atoms with van der Waals surface area (Å²) in [6.07, 6.45) is 2.67. The molecule has 3 N–H and O–H groups in total. The van der Waals surface area contributed by atoms with Gasteiger partial charge in [0.1, 0.15) is 5.82 Å². The van der Waals surface area contributed by atoms with E-state index in [1.807, 2.05) is 49.4 Å². The number of rotatable bonds is 7. The Morgan fingerprint density at radius 1 is 1.25 bits per heavy atom. The maximum atomic E-state index is 13.3. The van der Waals surface area contributed by atoms with Crippen LogP contribution in [0.25, 0.3) is 0 Å². The third kappa shape index (κ3) is 5.57. The predicted molar refractivity (Wildman–Crippen MR) is 162 cm³/mol. The highest BCUT2D eigenvalue weighted by atomic mass is 79.9. The Labute approximate surface area is 249 Å². The second-order valence-electron chi connectivity index (χ2n) is 9.56. The van der Waals surface area contributed by atoms with E-state index in [1.54, 1.807) is 4.90 Å². The van der Waals surface area contributed by atoms with E-state index in [-0.39, 0.29) is 23.3 Å². The van der Waals surface area contributed by atoms with Crippen LogP contribution in [0.5, 0.6) is 0 Å². The van der Waals surface area contributed by atoms with E-state index in [0.717, 1.165) is 33.4 Å². The molecule has 2 aromatic carbocycles. The number of nitriles is 1. The summed E-state index contributed by atoms with van der Waals surface area (Å²) >= 11 is 5.98. The molecular formula is C29H27BrN6O2S2. The largest absolute Gasteiger partial charge is 0.384 e. The molecule has 1 aliphatic carbocycles. The van der Waals surface area contributed by atoms with Crippen LogP contribution in [0, 0.1) is 18.3 Å². The lowest BCUT2D eigenvalue weighted by Crippen LogP contribution is -2.38. The summed E-state index contributed by atoms with van der Waals surface area (Å²) in [5.41, 5.74) is 12.1. The second kappa shape index (κ2) is 12.0. The van der Waals surface area contributed by atoms with Crippen molar-refractivity contribution in [1.29, 1.82) is 5.26 Å². The fraction of sp³-hybridized carbons (Fsp3) is 0.276. The molecule has 0 saturated heterocycles. The van der Waals surface area contributed by atoms with E-state index >= 15 is 0 Å². The van der Waals surface area contributed by atoms with Crippen molar-refractivity contribution < 1.29 is 9.59 Å². The van der Waals surface area contributed by atoms with Gasteiger partial charge < -0.3 is 11.1 Å². The molecule has 2 heterocycles. The fourth-order valence-corrected chi connectivity index (χ4v) is 7.17. The molecule has 0 saturated carbocycles. The van der Waals surface area contributed by atoms with Gasteiger partial charge in [0.25, 0.3) is 0 Å². The van der Waals surface area contributed by atoms with E-state index in [0.29, 0.717) is 39.9 Å². The first-order valence-electron chi connectivity index (χ1n) is 12.9. The Kier molecular flexibility index (Phi) is 8.40. The molecule has 40 heavy (non-hydrogen) atoms. The molecule has 8 nitrogen and oxygen atoms in total. The number of Topliss-reactive ketones (excluding diaryl/α,β-unsaturated/α-hetero) is 1. The van der Waals surface area contributed by atoms with Gasteiger partial charge in [-0.15, -0.1) is 10.2 Å². The first-order chi connectivity index (χ1) is 19.3. The van der Waals surface area contributed by atoms with E-state index in [4.69, 9.17) is 5.73 Å². The van der Waals surface area contributed by atoms with Gasteiger partial charge >= 0.3 is 0 Å². The average molecular weight is 636 g/mol. The molecule has 0 radical (unpaired) electrons. The highest BCUT2D eigenvalue weighted by Gasteiger charge is 2.41. The minimum absolute atomic E-state index is 0.0232. The number of ketones is 1. The monoisotopic (exact) mass is 634 g/mol. The van der Waals surface area contributed by atoms with Crippen molar-refractivity contribution in [2.75, 3.05) is 16.0 Å². The summed E-state index contributed by atoms with van der Waals surface area (Å²) in [5, 5.41) is 22.2. The van der Waals surface area contributed by atoms with Crippen LogP contribution in [-0.2, 0) is 16.0 Å². The Balaban J connectivity index is 1.41. The van der Waals surface area contributed by atoms with Crippen LogP contribution in [-0.4, -0.2) is 27.6 Å². The summed E-state index contributed by atoms with van der Waals surface area (Å²) in [7, 11) is 0. The van der Waals surface area contributed by atoms with Crippen LogP contribution >= 0.6 is 39.0 Å². The number of allylic oxidation sites excluding steroid dienone is 3. The van der Waals surface area contributed by atoms with Crippen LogP contribution in [0.2, 0.25) is 0 Å². The number of halogens is 1. The summed E-state index contributed by atoms with van der Waals surface area (Å²) in [5.74, 6) is -0.230. The Bertz CT molecular complexity index is 1590. The maximum Gasteiger partial charge on any atom is 0.234 e. The van der Waals surface area contributed by atoms with Gasteiger partial charge in [0.05, 0.1) is 23.3 Å². The van der Waals surface area contributed by atoms with Crippen LogP contribution in [0.4, 0.5) is 10.8 Å². The molecular weight excluding hydrogens is 608 g/mol. The number of anilines is 2. The van der Waals surface area contributed by atoms with Crippen molar-refractivity contribution >= 4 is 61.5 Å². The highest BCUT2D eigenvalue weighted by molar-refractivity contribution is 9.10. The van der Waals surface area contributed by atoms with Gasteiger partial charge in [-0.25, -0.2) is 0 Å². The summed E-state index contributed by atoms with van der Waals surface area (Å²) in [6.45, 7) is 4.02. The van der Waals surface area contributed by atoms with Crippen molar-refractivity contribution in [1.82, 2.24) is 10.2 Å². The number of hydrogen-bond acceptors (Lipinski definition) is 9. The van der Waals surface area contributed by atoms with Crippen LogP contribution < -0.4 is 16.0 Å². The maximum absolute atomic E-state index is 13.3. The van der Waals surface area contributed by atoms with E-state index in [1.165, 1.54) is 28.7 Å². The standard InChI is InChI=1S/C29H27BrN6O2S2/c1-3-17-7-9-18(10-8-17)25-20(14-31)27(32)36(22-5-4-6-23(37)26(22)25)28-34-35-29(40-28)39-15-24(38)33-21-12-11-19(30)13-16(21)2/h7-13,25H,3-6,15,32H2,1-2H3,(H,33,38). The molecule has 0 bridgehead atoms. The molecule has 204 valence electrons. The zero-order valence-corrected chi connectivity index (χ0v) is 25.3. The van der Waals surface area contributed by atoms with Crippen LogP contribution in [0.1, 0.15) is 48.8 Å². The molecule has 5 rings (SSSR count). The third-order valence-electron chi connectivity index (χ3n) is 7.01. The summed E-state index contributed by atoms with van der Waals surface area (Å²) < 4.78 is 1.54. The number of benzene rings is 2. The number of aromatic nitrogens is 2. The molecule has 3 aromatic rings. The lowest BCUT2D eigenvalue weighted by atomic mass is 9.75. The van der Waals surface area contributed by atoms with Crippen LogP contribution in [0.15, 0.2) is 73.9 Å².